The van der Waals surface area contributed by atoms with E-state index in [1.54, 1.807) is 31.3 Å². The first kappa shape index (κ1) is 20.7. The molecule has 0 saturated heterocycles. The van der Waals surface area contributed by atoms with E-state index in [2.05, 4.69) is 15.6 Å². The number of carbonyl (C=O) groups is 2. The lowest BCUT2D eigenvalue weighted by molar-refractivity contribution is -0.384. The van der Waals surface area contributed by atoms with Crippen LogP contribution in [0.5, 0.6) is 5.75 Å². The van der Waals surface area contributed by atoms with Gasteiger partial charge in [-0.1, -0.05) is 23.7 Å². The molecule has 0 fully saturated rings. The third kappa shape index (κ3) is 4.67. The summed E-state index contributed by atoms with van der Waals surface area (Å²) in [7, 11) is 1.57. The highest BCUT2D eigenvalue weighted by Gasteiger charge is 2.15. The van der Waals surface area contributed by atoms with Gasteiger partial charge in [0.25, 0.3) is 11.6 Å². The minimum atomic E-state index is -0.698. The molecule has 30 heavy (non-hydrogen) atoms. The van der Waals surface area contributed by atoms with Crippen LogP contribution in [0.4, 0.5) is 5.69 Å². The van der Waals surface area contributed by atoms with Crippen LogP contribution in [0.3, 0.4) is 0 Å². The van der Waals surface area contributed by atoms with Crippen molar-refractivity contribution in [3.05, 3.63) is 86.7 Å². The Bertz CT molecular complexity index is 1120. The largest absolute Gasteiger partial charge is 0.422 e. The highest BCUT2D eigenvalue weighted by atomic mass is 35.5. The summed E-state index contributed by atoms with van der Waals surface area (Å²) < 4.78 is 6.66. The van der Waals surface area contributed by atoms with Crippen LogP contribution in [0.25, 0.3) is 0 Å². The molecule has 0 aliphatic rings. The van der Waals surface area contributed by atoms with Crippen molar-refractivity contribution in [2.45, 2.75) is 0 Å². The van der Waals surface area contributed by atoms with Crippen LogP contribution >= 0.6 is 11.6 Å². The number of carbonyl (C=O) groups excluding carboxylic acids is 2. The Morgan fingerprint density at radius 2 is 1.93 bits per heavy atom. The molecule has 0 bridgehead atoms. The number of benzene rings is 2. The number of nitrogens with zero attached hydrogens (tertiary/aromatic N) is 4. The second-order valence-corrected chi connectivity index (χ2v) is 6.30. The second kappa shape index (κ2) is 8.97. The number of rotatable bonds is 6. The lowest BCUT2D eigenvalue weighted by Gasteiger charge is -2.07. The molecular weight excluding hydrogens is 414 g/mol. The molecule has 1 N–H and O–H groups in total. The van der Waals surface area contributed by atoms with Crippen molar-refractivity contribution in [2.24, 2.45) is 12.1 Å². The Morgan fingerprint density at radius 3 is 2.57 bits per heavy atom. The standard InChI is InChI=1S/C19H14ClN5O5/c1-24-17(15(20)11-22-24)18(26)23-21-10-13-4-2-3-5-16(13)30-19(27)12-6-8-14(9-7-12)25(28)29/h2-11H,1H3,(H,23,26)/b21-10-. The van der Waals surface area contributed by atoms with Crippen LogP contribution in [-0.2, 0) is 7.05 Å². The monoisotopic (exact) mass is 427 g/mol. The zero-order valence-electron chi connectivity index (χ0n) is 15.5. The lowest BCUT2D eigenvalue weighted by atomic mass is 10.2. The van der Waals surface area contributed by atoms with Gasteiger partial charge in [-0.05, 0) is 24.3 Å². The lowest BCUT2D eigenvalue weighted by Crippen LogP contribution is -2.21. The fraction of sp³-hybridized carbons (Fsp3) is 0.0526. The molecular formula is C19H14ClN5O5. The Kier molecular flexibility index (Phi) is 6.18. The molecule has 0 aliphatic carbocycles. The van der Waals surface area contributed by atoms with Crippen molar-refractivity contribution >= 4 is 35.4 Å². The Balaban J connectivity index is 1.71. The van der Waals surface area contributed by atoms with Crippen molar-refractivity contribution in [2.75, 3.05) is 0 Å². The minimum absolute atomic E-state index is 0.136. The van der Waals surface area contributed by atoms with Crippen molar-refractivity contribution in [1.82, 2.24) is 15.2 Å². The number of nitrogens with one attached hydrogen (secondary N) is 1. The predicted molar refractivity (Wildman–Crippen MR) is 108 cm³/mol. The summed E-state index contributed by atoms with van der Waals surface area (Å²) in [5.74, 6) is -1.06. The molecule has 3 aromatic rings. The number of hydrogen-bond acceptors (Lipinski definition) is 7. The van der Waals surface area contributed by atoms with E-state index in [0.717, 1.165) is 0 Å². The van der Waals surface area contributed by atoms with E-state index in [4.69, 9.17) is 16.3 Å². The summed E-state index contributed by atoms with van der Waals surface area (Å²) in [6.07, 6.45) is 2.65. The number of hydrogen-bond donors (Lipinski definition) is 1. The molecule has 0 aliphatic heterocycles. The van der Waals surface area contributed by atoms with Gasteiger partial charge in [0.2, 0.25) is 0 Å². The van der Waals surface area contributed by atoms with Gasteiger partial charge in [-0.15, -0.1) is 0 Å². The van der Waals surface area contributed by atoms with Gasteiger partial charge in [0.1, 0.15) is 11.4 Å². The first-order valence-corrected chi connectivity index (χ1v) is 8.81. The third-order valence-corrected chi connectivity index (χ3v) is 4.19. The number of para-hydroxylation sites is 1. The Morgan fingerprint density at radius 1 is 1.23 bits per heavy atom. The summed E-state index contributed by atoms with van der Waals surface area (Å²) in [4.78, 5) is 34.6. The second-order valence-electron chi connectivity index (χ2n) is 5.90. The molecule has 1 heterocycles. The maximum absolute atomic E-state index is 12.3. The first-order valence-electron chi connectivity index (χ1n) is 8.43. The smallest absolute Gasteiger partial charge is 0.343 e. The summed E-state index contributed by atoms with van der Waals surface area (Å²) in [6, 6.07) is 11.6. The third-order valence-electron chi connectivity index (χ3n) is 3.91. The molecule has 1 amide bonds. The maximum atomic E-state index is 12.3. The Hall–Kier alpha value is -4.05. The number of aryl methyl sites for hydroxylation is 1. The number of non-ortho nitro benzene ring substituents is 1. The highest BCUT2D eigenvalue weighted by molar-refractivity contribution is 6.33. The fourth-order valence-electron chi connectivity index (χ4n) is 2.44. The van der Waals surface area contributed by atoms with Gasteiger partial charge >= 0.3 is 5.97 Å². The average Bonchev–Trinajstić information content (AvgIpc) is 3.07. The van der Waals surface area contributed by atoms with E-state index in [1.165, 1.54) is 41.4 Å². The van der Waals surface area contributed by atoms with E-state index < -0.39 is 16.8 Å². The Labute approximate surface area is 174 Å². The van der Waals surface area contributed by atoms with Crippen LogP contribution in [-0.4, -0.2) is 32.8 Å². The number of halogens is 1. The SMILES string of the molecule is Cn1ncc(Cl)c1C(=O)N/N=C\c1ccccc1OC(=O)c1ccc([N+](=O)[O-])cc1. The summed E-state index contributed by atoms with van der Waals surface area (Å²) >= 11 is 5.91. The van der Waals surface area contributed by atoms with E-state index in [0.29, 0.717) is 5.56 Å². The maximum Gasteiger partial charge on any atom is 0.343 e. The minimum Gasteiger partial charge on any atom is -0.422 e. The molecule has 10 nitrogen and oxygen atoms in total. The van der Waals surface area contributed by atoms with Crippen LogP contribution in [0.15, 0.2) is 59.8 Å². The highest BCUT2D eigenvalue weighted by Crippen LogP contribution is 2.19. The van der Waals surface area contributed by atoms with E-state index >= 15 is 0 Å². The van der Waals surface area contributed by atoms with Crippen molar-refractivity contribution < 1.29 is 19.2 Å². The van der Waals surface area contributed by atoms with Crippen LogP contribution in [0.1, 0.15) is 26.4 Å². The molecule has 11 heteroatoms. The zero-order chi connectivity index (χ0) is 21.7. The number of esters is 1. The summed E-state index contributed by atoms with van der Waals surface area (Å²) in [5.41, 5.74) is 2.90. The summed E-state index contributed by atoms with van der Waals surface area (Å²) in [6.45, 7) is 0. The van der Waals surface area contributed by atoms with Gasteiger partial charge in [0.15, 0.2) is 0 Å². The van der Waals surface area contributed by atoms with Crippen molar-refractivity contribution in [1.29, 1.82) is 0 Å². The van der Waals surface area contributed by atoms with Gasteiger partial charge in [-0.25, -0.2) is 10.2 Å². The van der Waals surface area contributed by atoms with E-state index in [1.807, 2.05) is 0 Å². The number of ether oxygens (including phenoxy) is 1. The number of nitro groups is 1. The first-order chi connectivity index (χ1) is 14.4. The summed E-state index contributed by atoms with van der Waals surface area (Å²) in [5, 5.41) is 18.6. The number of hydrazone groups is 1. The topological polar surface area (TPSA) is 129 Å². The van der Waals surface area contributed by atoms with Gasteiger partial charge in [-0.2, -0.15) is 10.2 Å². The van der Waals surface area contributed by atoms with Gasteiger partial charge in [0, 0.05) is 24.7 Å². The number of aromatic nitrogens is 2. The molecule has 0 radical (unpaired) electrons. The van der Waals surface area contributed by atoms with Gasteiger partial charge < -0.3 is 4.74 Å². The molecule has 152 valence electrons. The molecule has 0 saturated carbocycles. The quantitative estimate of drug-likeness (QED) is 0.212. The molecule has 1 aromatic heterocycles. The van der Waals surface area contributed by atoms with Crippen molar-refractivity contribution in [3.8, 4) is 5.75 Å². The zero-order valence-corrected chi connectivity index (χ0v) is 16.2. The van der Waals surface area contributed by atoms with E-state index in [-0.39, 0.29) is 27.7 Å². The molecule has 3 rings (SSSR count). The van der Waals surface area contributed by atoms with E-state index in [9.17, 15) is 19.7 Å². The average molecular weight is 428 g/mol. The van der Waals surface area contributed by atoms with Gasteiger partial charge in [-0.3, -0.25) is 19.6 Å². The molecule has 2 aromatic carbocycles. The number of nitro benzene ring substituents is 1. The fourth-order valence-corrected chi connectivity index (χ4v) is 2.69. The molecule has 0 spiro atoms. The van der Waals surface area contributed by atoms with Crippen LogP contribution in [0.2, 0.25) is 5.02 Å². The number of amides is 1. The normalized spacial score (nSPS) is 10.7. The molecule has 0 atom stereocenters. The van der Waals surface area contributed by atoms with Crippen LogP contribution < -0.4 is 10.2 Å². The van der Waals surface area contributed by atoms with Crippen molar-refractivity contribution in [3.63, 3.8) is 0 Å². The van der Waals surface area contributed by atoms with Crippen LogP contribution in [0, 0.1) is 10.1 Å². The predicted octanol–water partition coefficient (Wildman–Crippen LogP) is 2.96. The van der Waals surface area contributed by atoms with Gasteiger partial charge in [0.05, 0.1) is 27.9 Å². The molecule has 0 unspecified atom stereocenters.